The summed E-state index contributed by atoms with van der Waals surface area (Å²) in [7, 11) is 0. The molecule has 0 aliphatic heterocycles. The molecule has 145 heavy (non-hydrogen) atoms. The first-order valence-corrected chi connectivity index (χ1v) is 48.8. The second kappa shape index (κ2) is 34.5. The SMILES string of the molecule is O=c1n(-c2ccccc2)c2ccccc2n1-c1ccc(-c2c3ccccc3c(-c3ccc4oc5cc6ccccc6cc5c4c3)c3ccccc23)cc1.c1ccc(-c2ccc(-c3c4ccccc4c(-c4ccc5oc6cc7ccccc7cc6c5c4)c4ccccc34)cn2)nc1.c1ccc(-c2nc(-c3ccccc3)nc(-c3c4ccccc4c(-c4ccc5oc6cc7ccccc7cc6c5c4)c4ccccc34)n2)cc1. The van der Waals surface area contributed by atoms with Crippen LogP contribution in [0.1, 0.15) is 0 Å². The molecule has 11 heteroatoms. The zero-order valence-electron chi connectivity index (χ0n) is 78.0. The van der Waals surface area contributed by atoms with E-state index in [9.17, 15) is 4.79 Å². The number of nitrogens with zero attached hydrogens (tertiary/aromatic N) is 7. The fourth-order valence-electron chi connectivity index (χ4n) is 22.2. The maximum Gasteiger partial charge on any atom is 0.338 e. The molecule has 0 atom stereocenters. The van der Waals surface area contributed by atoms with Gasteiger partial charge < -0.3 is 13.3 Å². The van der Waals surface area contributed by atoms with Crippen LogP contribution in [0.2, 0.25) is 0 Å². The number of hydrogen-bond acceptors (Lipinski definition) is 9. The molecule has 0 spiro atoms. The lowest BCUT2D eigenvalue weighted by Gasteiger charge is -2.18. The molecule has 0 aliphatic rings. The number of aromatic nitrogens is 7. The van der Waals surface area contributed by atoms with Crippen LogP contribution in [0.15, 0.2) is 510 Å². The van der Waals surface area contributed by atoms with Crippen LogP contribution in [0.3, 0.4) is 0 Å². The van der Waals surface area contributed by atoms with E-state index in [2.05, 4.69) is 351 Å². The molecule has 0 N–H and O–H groups in total. The lowest BCUT2D eigenvalue weighted by atomic mass is 9.85. The topological polar surface area (TPSA) is 131 Å². The number of furan rings is 3. The predicted octanol–water partition coefficient (Wildman–Crippen LogP) is 35.2. The number of benzene rings is 23. The Bertz CT molecular complexity index is 10300. The number of pyridine rings is 2. The van der Waals surface area contributed by atoms with E-state index in [1.54, 1.807) is 10.8 Å². The van der Waals surface area contributed by atoms with E-state index in [1.807, 2.05) is 144 Å². The van der Waals surface area contributed by atoms with Crippen molar-refractivity contribution in [3.05, 3.63) is 502 Å². The summed E-state index contributed by atoms with van der Waals surface area (Å²) in [6.45, 7) is 0. The highest BCUT2D eigenvalue weighted by atomic mass is 16.3. The lowest BCUT2D eigenvalue weighted by Crippen LogP contribution is -2.22. The maximum absolute atomic E-state index is 14.1. The normalized spacial score (nSPS) is 11.8. The Morgan fingerprint density at radius 3 is 0.807 bits per heavy atom. The average molecular weight is 1850 g/mol. The summed E-state index contributed by atoms with van der Waals surface area (Å²) in [6.07, 6.45) is 3.78. The number of fused-ring (bicyclic) bond motifs is 19. The molecule has 0 saturated carbocycles. The molecule has 23 aromatic carbocycles. The molecule has 0 saturated heterocycles. The third kappa shape index (κ3) is 14.3. The average Bonchev–Trinajstić information content (AvgIpc) is 1.69. The molecule has 0 radical (unpaired) electrons. The first kappa shape index (κ1) is 83.5. The third-order valence-corrected chi connectivity index (χ3v) is 28.8. The molecular formula is C134H81N7O4. The summed E-state index contributed by atoms with van der Waals surface area (Å²) in [6, 6.07) is 167. The summed E-state index contributed by atoms with van der Waals surface area (Å²) in [5, 5.41) is 27.9. The van der Waals surface area contributed by atoms with Crippen molar-refractivity contribution in [1.29, 1.82) is 0 Å². The van der Waals surface area contributed by atoms with Crippen molar-refractivity contribution >= 4 is 174 Å². The lowest BCUT2D eigenvalue weighted by molar-refractivity contribution is 0.669. The highest BCUT2D eigenvalue weighted by Gasteiger charge is 2.27. The summed E-state index contributed by atoms with van der Waals surface area (Å²) < 4.78 is 22.7. The Labute approximate surface area is 830 Å². The molecular weight excluding hydrogens is 1770 g/mol. The van der Waals surface area contributed by atoms with Crippen molar-refractivity contribution in [2.75, 3.05) is 0 Å². The molecule has 11 nitrogen and oxygen atoms in total. The molecule has 30 aromatic rings. The van der Waals surface area contributed by atoms with E-state index >= 15 is 0 Å². The van der Waals surface area contributed by atoms with Crippen LogP contribution in [-0.4, -0.2) is 34.1 Å². The van der Waals surface area contributed by atoms with E-state index in [-0.39, 0.29) is 5.69 Å². The fourth-order valence-corrected chi connectivity index (χ4v) is 22.2. The predicted molar refractivity (Wildman–Crippen MR) is 599 cm³/mol. The molecule has 0 aliphatic carbocycles. The monoisotopic (exact) mass is 1850 g/mol. The van der Waals surface area contributed by atoms with Gasteiger partial charge in [-0.2, -0.15) is 0 Å². The van der Waals surface area contributed by atoms with Crippen molar-refractivity contribution in [1.82, 2.24) is 34.1 Å². The summed E-state index contributed by atoms with van der Waals surface area (Å²) in [4.78, 5) is 38.7. The molecule has 7 heterocycles. The molecule has 0 amide bonds. The smallest absolute Gasteiger partial charge is 0.338 e. The van der Waals surface area contributed by atoms with E-state index in [1.165, 1.54) is 109 Å². The van der Waals surface area contributed by atoms with E-state index in [0.29, 0.717) is 17.5 Å². The van der Waals surface area contributed by atoms with Gasteiger partial charge in [-0.1, -0.05) is 352 Å². The van der Waals surface area contributed by atoms with Gasteiger partial charge in [0, 0.05) is 67.0 Å². The van der Waals surface area contributed by atoms with Crippen molar-refractivity contribution in [3.8, 4) is 113 Å². The van der Waals surface area contributed by atoms with Crippen molar-refractivity contribution in [2.45, 2.75) is 0 Å². The van der Waals surface area contributed by atoms with E-state index in [4.69, 9.17) is 33.2 Å². The van der Waals surface area contributed by atoms with E-state index in [0.717, 1.165) is 160 Å². The number of hydrogen-bond donors (Lipinski definition) is 0. The Hall–Kier alpha value is -19.6. The standard InChI is InChI=1S/C49H30N2O2.C45H27N3O.C40H24N2O/c52-49-50(35-14-2-1-3-15-35)43-20-10-11-21-44(43)51(49)36-25-22-31(23-26-36)47-37-16-6-8-18-39(37)48(40-19-9-7-17-38(40)47)34-24-27-45-41(29-34)42-28-32-12-4-5-13-33(32)30-46(42)53-45;1-3-13-28(14-4-1)43-46-44(29-15-5-2-6-16-29)48-45(47-43)42-35-21-11-9-19-33(35)41(34-20-10-12-22-36(34)42)32-23-24-39-37(26-32)38-25-30-17-7-8-18-31(30)27-40(38)49-39;1-2-10-26-23-38-34(21-25(26)9-1)33-22-27(17-19-37(33)43-38)39-29-11-3-5-13-31(29)40(32-14-6-4-12-30(32)39)28-16-18-36(42-24-28)35-15-7-8-20-41-35/h1-30H;1-27H;1-24H. The van der Waals surface area contributed by atoms with Crippen LogP contribution >= 0.6 is 0 Å². The van der Waals surface area contributed by atoms with Crippen LogP contribution in [-0.2, 0) is 0 Å². The zero-order chi connectivity index (χ0) is 95.7. The number of para-hydroxylation sites is 3. The van der Waals surface area contributed by atoms with Gasteiger partial charge in [0.15, 0.2) is 17.5 Å². The van der Waals surface area contributed by atoms with Gasteiger partial charge in [0.05, 0.1) is 33.8 Å². The summed E-state index contributed by atoms with van der Waals surface area (Å²) in [5.41, 5.74) is 24.9. The first-order valence-electron chi connectivity index (χ1n) is 48.8. The maximum atomic E-state index is 14.1. The van der Waals surface area contributed by atoms with Crippen LogP contribution in [0, 0.1) is 0 Å². The minimum absolute atomic E-state index is 0.0963. The number of imidazole rings is 1. The van der Waals surface area contributed by atoms with Gasteiger partial charge in [-0.05, 0) is 274 Å². The van der Waals surface area contributed by atoms with Gasteiger partial charge in [-0.15, -0.1) is 0 Å². The quantitative estimate of drug-likeness (QED) is 0.116. The van der Waals surface area contributed by atoms with Crippen LogP contribution in [0.4, 0.5) is 0 Å². The minimum Gasteiger partial charge on any atom is -0.456 e. The largest absolute Gasteiger partial charge is 0.456 e. The van der Waals surface area contributed by atoms with Crippen molar-refractivity contribution in [3.63, 3.8) is 0 Å². The van der Waals surface area contributed by atoms with Crippen LogP contribution < -0.4 is 5.69 Å². The van der Waals surface area contributed by atoms with Gasteiger partial charge >= 0.3 is 5.69 Å². The summed E-state index contributed by atoms with van der Waals surface area (Å²) >= 11 is 0. The molecule has 0 bridgehead atoms. The van der Waals surface area contributed by atoms with Crippen LogP contribution in [0.25, 0.3) is 286 Å². The fraction of sp³-hybridized carbons (Fsp3) is 0. The van der Waals surface area contributed by atoms with Crippen LogP contribution in [0.5, 0.6) is 0 Å². The third-order valence-electron chi connectivity index (χ3n) is 28.8. The highest BCUT2D eigenvalue weighted by Crippen LogP contribution is 2.51. The molecule has 30 rings (SSSR count). The Morgan fingerprint density at radius 1 is 0.179 bits per heavy atom. The Kier molecular flexibility index (Phi) is 19.9. The zero-order valence-corrected chi connectivity index (χ0v) is 78.0. The minimum atomic E-state index is -0.0963. The van der Waals surface area contributed by atoms with Gasteiger partial charge in [0.2, 0.25) is 0 Å². The Balaban J connectivity index is 0.000000106. The van der Waals surface area contributed by atoms with E-state index < -0.39 is 0 Å². The van der Waals surface area contributed by atoms with Gasteiger partial charge in [-0.3, -0.25) is 19.1 Å². The van der Waals surface area contributed by atoms with Gasteiger partial charge in [-0.25, -0.2) is 19.7 Å². The Morgan fingerprint density at radius 2 is 0.455 bits per heavy atom. The molecule has 7 aromatic heterocycles. The van der Waals surface area contributed by atoms with Crippen molar-refractivity contribution in [2.24, 2.45) is 0 Å². The van der Waals surface area contributed by atoms with Gasteiger partial charge in [0.1, 0.15) is 33.5 Å². The summed E-state index contributed by atoms with van der Waals surface area (Å²) in [5.74, 6) is 1.94. The van der Waals surface area contributed by atoms with Crippen molar-refractivity contribution < 1.29 is 13.3 Å². The first-order chi connectivity index (χ1) is 71.8. The van der Waals surface area contributed by atoms with Gasteiger partial charge in [0.25, 0.3) is 0 Å². The molecule has 676 valence electrons. The number of rotatable bonds is 11. The second-order valence-corrected chi connectivity index (χ2v) is 37.1. The molecule has 0 fully saturated rings. The highest BCUT2D eigenvalue weighted by molar-refractivity contribution is 6.26. The molecule has 0 unspecified atom stereocenters. The second-order valence-electron chi connectivity index (χ2n) is 37.1.